The van der Waals surface area contributed by atoms with E-state index in [-0.39, 0.29) is 5.91 Å². The molecule has 1 aliphatic carbocycles. The van der Waals surface area contributed by atoms with Gasteiger partial charge >= 0.3 is 0 Å². The lowest BCUT2D eigenvalue weighted by molar-refractivity contribution is -0.113. The average molecular weight is 367 g/mol. The summed E-state index contributed by atoms with van der Waals surface area (Å²) in [4.78, 5) is 17.1. The number of aromatic nitrogens is 2. The molecule has 0 unspecified atom stereocenters. The molecule has 1 N–H and O–H groups in total. The molecule has 0 saturated carbocycles. The minimum absolute atomic E-state index is 0.0981. The van der Waals surface area contributed by atoms with Gasteiger partial charge in [-0.05, 0) is 62.3 Å². The van der Waals surface area contributed by atoms with Crippen LogP contribution in [0.2, 0.25) is 0 Å². The highest BCUT2D eigenvalue weighted by atomic mass is 32.2. The van der Waals surface area contributed by atoms with Gasteiger partial charge in [0.15, 0.2) is 5.82 Å². The smallest absolute Gasteiger partial charge is 0.236 e. The first-order valence-corrected chi connectivity index (χ1v) is 9.87. The Morgan fingerprint density at radius 2 is 2.00 bits per heavy atom. The Balaban J connectivity index is 1.58. The summed E-state index contributed by atoms with van der Waals surface area (Å²) in [5.74, 6) is 1.34. The van der Waals surface area contributed by atoms with Gasteiger partial charge in [-0.3, -0.25) is 4.79 Å². The zero-order valence-corrected chi connectivity index (χ0v) is 15.8. The summed E-state index contributed by atoms with van der Waals surface area (Å²) in [6, 6.07) is 8.18. The molecule has 26 heavy (non-hydrogen) atoms. The van der Waals surface area contributed by atoms with Gasteiger partial charge in [0.1, 0.15) is 10.8 Å². The number of hydrogen-bond donors (Lipinski definition) is 1. The van der Waals surface area contributed by atoms with Gasteiger partial charge in [-0.1, -0.05) is 29.1 Å². The largest absolute Gasteiger partial charge is 0.360 e. The lowest BCUT2D eigenvalue weighted by Gasteiger charge is -2.21. The Hall–Kier alpha value is -2.34. The van der Waals surface area contributed by atoms with E-state index in [4.69, 9.17) is 9.51 Å². The number of aryl methyl sites for hydroxylation is 3. The summed E-state index contributed by atoms with van der Waals surface area (Å²) >= 11 is 1.51. The fourth-order valence-electron chi connectivity index (χ4n) is 3.46. The van der Waals surface area contributed by atoms with Crippen molar-refractivity contribution in [3.05, 3.63) is 46.7 Å². The molecule has 0 atom stereocenters. The zero-order chi connectivity index (χ0) is 18.1. The number of carbonyl (C=O) groups is 1. The second-order valence-corrected chi connectivity index (χ2v) is 7.73. The van der Waals surface area contributed by atoms with Crippen LogP contribution in [0.25, 0.3) is 10.9 Å². The standard InChI is InChI=1S/C20H21N3O2S/c1-12-7-8-15-14-5-3-4-6-16(14)20(21-17(15)9-12)26-11-19(24)22-18-10-13(2)25-23-18/h7-10H,3-6,11H2,1-2H3,(H,22,23,24). The maximum atomic E-state index is 12.2. The third-order valence-corrected chi connectivity index (χ3v) is 5.68. The van der Waals surface area contributed by atoms with Gasteiger partial charge in [0.2, 0.25) is 5.91 Å². The normalized spacial score (nSPS) is 13.6. The van der Waals surface area contributed by atoms with Crippen molar-refractivity contribution in [2.24, 2.45) is 0 Å². The summed E-state index contributed by atoms with van der Waals surface area (Å²) in [7, 11) is 0. The highest BCUT2D eigenvalue weighted by molar-refractivity contribution is 8.00. The Morgan fingerprint density at radius 3 is 2.77 bits per heavy atom. The van der Waals surface area contributed by atoms with Crippen LogP contribution in [0, 0.1) is 13.8 Å². The van der Waals surface area contributed by atoms with Gasteiger partial charge in [0, 0.05) is 11.5 Å². The van der Waals surface area contributed by atoms with Crippen LogP contribution in [0.3, 0.4) is 0 Å². The average Bonchev–Trinajstić information content (AvgIpc) is 3.04. The number of nitrogens with zero attached hydrogens (tertiary/aromatic N) is 2. The van der Waals surface area contributed by atoms with Gasteiger partial charge in [0.25, 0.3) is 0 Å². The lowest BCUT2D eigenvalue weighted by Crippen LogP contribution is -2.15. The number of nitrogens with one attached hydrogen (secondary N) is 1. The number of carbonyl (C=O) groups excluding carboxylic acids is 1. The van der Waals surface area contributed by atoms with E-state index >= 15 is 0 Å². The van der Waals surface area contributed by atoms with E-state index in [9.17, 15) is 4.79 Å². The maximum Gasteiger partial charge on any atom is 0.236 e. The molecule has 1 aromatic carbocycles. The van der Waals surface area contributed by atoms with E-state index in [2.05, 4.69) is 35.6 Å². The van der Waals surface area contributed by atoms with Crippen molar-refractivity contribution in [1.29, 1.82) is 0 Å². The molecule has 5 nitrogen and oxygen atoms in total. The molecule has 6 heteroatoms. The van der Waals surface area contributed by atoms with Crippen LogP contribution in [0.5, 0.6) is 0 Å². The number of fused-ring (bicyclic) bond motifs is 3. The number of rotatable bonds is 4. The van der Waals surface area contributed by atoms with Crippen LogP contribution in [0.15, 0.2) is 33.8 Å². The fourth-order valence-corrected chi connectivity index (χ4v) is 4.36. The number of hydrogen-bond acceptors (Lipinski definition) is 5. The topological polar surface area (TPSA) is 68.0 Å². The monoisotopic (exact) mass is 367 g/mol. The van der Waals surface area contributed by atoms with E-state index in [1.165, 1.54) is 46.7 Å². The maximum absolute atomic E-state index is 12.2. The Labute approximate surface area is 156 Å². The number of pyridine rings is 1. The van der Waals surface area contributed by atoms with Crippen LogP contribution in [-0.2, 0) is 17.6 Å². The zero-order valence-electron chi connectivity index (χ0n) is 15.0. The SMILES string of the molecule is Cc1ccc2c3c(c(SCC(=O)Nc4cc(C)on4)nc2c1)CCCC3. The molecule has 1 aliphatic rings. The van der Waals surface area contributed by atoms with E-state index in [0.29, 0.717) is 17.3 Å². The quantitative estimate of drug-likeness (QED) is 0.690. The third kappa shape index (κ3) is 3.46. The summed E-state index contributed by atoms with van der Waals surface area (Å²) in [5, 5.41) is 8.82. The molecule has 2 aromatic heterocycles. The second-order valence-electron chi connectivity index (χ2n) is 6.76. The van der Waals surface area contributed by atoms with Crippen molar-refractivity contribution in [3.8, 4) is 0 Å². The summed E-state index contributed by atoms with van der Waals surface area (Å²) < 4.78 is 4.98. The van der Waals surface area contributed by atoms with Crippen LogP contribution in [0.1, 0.15) is 35.3 Å². The van der Waals surface area contributed by atoms with Crippen molar-refractivity contribution < 1.29 is 9.32 Å². The van der Waals surface area contributed by atoms with Crippen LogP contribution < -0.4 is 5.32 Å². The van der Waals surface area contributed by atoms with E-state index in [1.54, 1.807) is 13.0 Å². The molecular weight excluding hydrogens is 346 g/mol. The third-order valence-electron chi connectivity index (χ3n) is 4.66. The predicted molar refractivity (Wildman–Crippen MR) is 104 cm³/mol. The first-order chi connectivity index (χ1) is 12.6. The molecule has 0 bridgehead atoms. The molecule has 3 aromatic rings. The molecule has 4 rings (SSSR count). The Kier molecular flexibility index (Phi) is 4.68. The van der Waals surface area contributed by atoms with Crippen LogP contribution >= 0.6 is 11.8 Å². The van der Waals surface area contributed by atoms with Gasteiger partial charge in [-0.2, -0.15) is 0 Å². The van der Waals surface area contributed by atoms with Crippen LogP contribution in [0.4, 0.5) is 5.82 Å². The van der Waals surface area contributed by atoms with Gasteiger partial charge < -0.3 is 9.84 Å². The minimum atomic E-state index is -0.0981. The van der Waals surface area contributed by atoms with Crippen LogP contribution in [-0.4, -0.2) is 21.8 Å². The Morgan fingerprint density at radius 1 is 1.19 bits per heavy atom. The molecule has 0 fully saturated rings. The number of anilines is 1. The first-order valence-electron chi connectivity index (χ1n) is 8.88. The van der Waals surface area contributed by atoms with Gasteiger partial charge in [-0.25, -0.2) is 4.98 Å². The number of benzene rings is 1. The van der Waals surface area contributed by atoms with E-state index in [1.807, 2.05) is 0 Å². The van der Waals surface area contributed by atoms with Crippen molar-refractivity contribution >= 4 is 34.4 Å². The Bertz CT molecular complexity index is 981. The molecular formula is C20H21N3O2S. The van der Waals surface area contributed by atoms with Crippen molar-refractivity contribution in [2.45, 2.75) is 44.6 Å². The molecule has 0 saturated heterocycles. The summed E-state index contributed by atoms with van der Waals surface area (Å²) in [6.45, 7) is 3.88. The molecule has 0 aliphatic heterocycles. The van der Waals surface area contributed by atoms with Gasteiger partial charge in [-0.15, -0.1) is 0 Å². The predicted octanol–water partition coefficient (Wildman–Crippen LogP) is 4.45. The molecule has 2 heterocycles. The van der Waals surface area contributed by atoms with Crippen molar-refractivity contribution in [2.75, 3.05) is 11.1 Å². The van der Waals surface area contributed by atoms with Gasteiger partial charge in [0.05, 0.1) is 11.3 Å². The fraction of sp³-hybridized carbons (Fsp3) is 0.350. The first kappa shape index (κ1) is 17.1. The second kappa shape index (κ2) is 7.11. The highest BCUT2D eigenvalue weighted by Crippen LogP contribution is 2.34. The minimum Gasteiger partial charge on any atom is -0.360 e. The molecule has 134 valence electrons. The number of thioether (sulfide) groups is 1. The molecule has 1 amide bonds. The number of amides is 1. The highest BCUT2D eigenvalue weighted by Gasteiger charge is 2.19. The summed E-state index contributed by atoms with van der Waals surface area (Å²) in [6.07, 6.45) is 4.54. The van der Waals surface area contributed by atoms with Crippen molar-refractivity contribution in [3.63, 3.8) is 0 Å². The van der Waals surface area contributed by atoms with Crippen molar-refractivity contribution in [1.82, 2.24) is 10.1 Å². The lowest BCUT2D eigenvalue weighted by atomic mass is 9.90. The molecule has 0 spiro atoms. The van der Waals surface area contributed by atoms with E-state index in [0.717, 1.165) is 23.4 Å². The summed E-state index contributed by atoms with van der Waals surface area (Å²) in [5.41, 5.74) is 4.97. The molecule has 0 radical (unpaired) electrons. The van der Waals surface area contributed by atoms with E-state index < -0.39 is 0 Å².